The van der Waals surface area contributed by atoms with Gasteiger partial charge in [0, 0.05) is 17.5 Å². The lowest BCUT2D eigenvalue weighted by atomic mass is 9.87. The van der Waals surface area contributed by atoms with Crippen LogP contribution in [0.2, 0.25) is 0 Å². The van der Waals surface area contributed by atoms with Crippen LogP contribution in [-0.2, 0) is 17.6 Å². The molecule has 0 aliphatic carbocycles. The van der Waals surface area contributed by atoms with E-state index in [-0.39, 0.29) is 5.41 Å². The van der Waals surface area contributed by atoms with E-state index in [1.807, 2.05) is 24.3 Å². The first kappa shape index (κ1) is 20.4. The van der Waals surface area contributed by atoms with Crippen molar-refractivity contribution in [2.75, 3.05) is 0 Å². The first-order valence-corrected chi connectivity index (χ1v) is 10.7. The highest BCUT2D eigenvalue weighted by Crippen LogP contribution is 2.27. The topological polar surface area (TPSA) is 35.0 Å². The fourth-order valence-corrected chi connectivity index (χ4v) is 3.62. The summed E-state index contributed by atoms with van der Waals surface area (Å²) in [5.74, 6) is 2.24. The fourth-order valence-electron chi connectivity index (χ4n) is 2.80. The van der Waals surface area contributed by atoms with E-state index in [1.165, 1.54) is 11.1 Å². The van der Waals surface area contributed by atoms with Gasteiger partial charge in [0.2, 0.25) is 5.88 Å². The van der Waals surface area contributed by atoms with Crippen molar-refractivity contribution in [2.24, 2.45) is 0 Å². The summed E-state index contributed by atoms with van der Waals surface area (Å²) in [5.41, 5.74) is 4.94. The summed E-state index contributed by atoms with van der Waals surface area (Å²) in [6.07, 6.45) is 0.848. The first-order chi connectivity index (χ1) is 13.3. The summed E-state index contributed by atoms with van der Waals surface area (Å²) in [6.45, 7) is 10.8. The average Bonchev–Trinajstić information content (AvgIpc) is 2.66. The van der Waals surface area contributed by atoms with E-state index in [0.29, 0.717) is 5.88 Å². The Morgan fingerprint density at radius 1 is 0.964 bits per heavy atom. The van der Waals surface area contributed by atoms with Gasteiger partial charge in [-0.15, -0.1) is 0 Å². The maximum absolute atomic E-state index is 5.98. The number of nitrogens with zero attached hydrogens (tertiary/aromatic N) is 2. The number of aryl methyl sites for hydroxylation is 2. The molecule has 0 atom stereocenters. The molecule has 0 amide bonds. The lowest BCUT2D eigenvalue weighted by molar-refractivity contribution is 0.453. The number of aromatic nitrogens is 2. The number of benzene rings is 2. The average molecular weight is 393 g/mol. The maximum atomic E-state index is 5.98. The predicted octanol–water partition coefficient (Wildman–Crippen LogP) is 6.73. The van der Waals surface area contributed by atoms with Crippen LogP contribution in [0, 0.1) is 6.92 Å². The van der Waals surface area contributed by atoms with E-state index in [9.17, 15) is 0 Å². The molecule has 1 aromatic heterocycles. The molecule has 28 heavy (non-hydrogen) atoms. The predicted molar refractivity (Wildman–Crippen MR) is 117 cm³/mol. The number of hydrogen-bond donors (Lipinski definition) is 0. The van der Waals surface area contributed by atoms with E-state index in [2.05, 4.69) is 74.9 Å². The largest absolute Gasteiger partial charge is 0.439 e. The molecule has 0 bridgehead atoms. The van der Waals surface area contributed by atoms with Crippen LogP contribution in [0.5, 0.6) is 11.6 Å². The molecule has 3 nitrogen and oxygen atoms in total. The van der Waals surface area contributed by atoms with Crippen molar-refractivity contribution in [3.63, 3.8) is 0 Å². The quantitative estimate of drug-likeness (QED) is 0.344. The van der Waals surface area contributed by atoms with Gasteiger partial charge in [-0.3, -0.25) is 0 Å². The Kier molecular flexibility index (Phi) is 6.40. The molecular formula is C24H28N2OS. The summed E-state index contributed by atoms with van der Waals surface area (Å²) in [4.78, 5) is 9.26. The van der Waals surface area contributed by atoms with Gasteiger partial charge in [0.1, 0.15) is 5.75 Å². The minimum absolute atomic E-state index is 0.173. The molecule has 0 radical (unpaired) electrons. The monoisotopic (exact) mass is 392 g/mol. The van der Waals surface area contributed by atoms with Crippen molar-refractivity contribution >= 4 is 11.8 Å². The van der Waals surface area contributed by atoms with Gasteiger partial charge in [-0.25, -0.2) is 4.98 Å². The van der Waals surface area contributed by atoms with Crippen LogP contribution in [0.3, 0.4) is 0 Å². The van der Waals surface area contributed by atoms with Crippen molar-refractivity contribution in [2.45, 2.75) is 57.4 Å². The van der Waals surface area contributed by atoms with Gasteiger partial charge >= 0.3 is 0 Å². The van der Waals surface area contributed by atoms with Crippen LogP contribution in [0.15, 0.2) is 59.8 Å². The van der Waals surface area contributed by atoms with Crippen LogP contribution in [0.1, 0.15) is 50.1 Å². The molecule has 0 aliphatic heterocycles. The number of rotatable bonds is 6. The zero-order valence-electron chi connectivity index (χ0n) is 17.3. The Bertz CT molecular complexity index is 930. The van der Waals surface area contributed by atoms with Crippen molar-refractivity contribution in [3.8, 4) is 11.6 Å². The van der Waals surface area contributed by atoms with Crippen molar-refractivity contribution < 1.29 is 4.74 Å². The maximum Gasteiger partial charge on any atom is 0.223 e. The van der Waals surface area contributed by atoms with Crippen molar-refractivity contribution in [3.05, 3.63) is 77.0 Å². The lowest BCUT2D eigenvalue weighted by Crippen LogP contribution is -2.10. The van der Waals surface area contributed by atoms with Gasteiger partial charge in [0.15, 0.2) is 5.16 Å². The van der Waals surface area contributed by atoms with Gasteiger partial charge in [-0.1, -0.05) is 75.9 Å². The third-order valence-corrected chi connectivity index (χ3v) is 5.42. The smallest absolute Gasteiger partial charge is 0.223 e. The molecule has 3 rings (SSSR count). The summed E-state index contributed by atoms with van der Waals surface area (Å²) in [5, 5.41) is 0.752. The highest BCUT2D eigenvalue weighted by Gasteiger charge is 2.13. The van der Waals surface area contributed by atoms with E-state index >= 15 is 0 Å². The molecule has 4 heteroatoms. The number of hydrogen-bond acceptors (Lipinski definition) is 4. The lowest BCUT2D eigenvalue weighted by Gasteiger charge is -2.19. The van der Waals surface area contributed by atoms with E-state index < -0.39 is 0 Å². The molecule has 3 aromatic rings. The van der Waals surface area contributed by atoms with Crippen LogP contribution in [0.25, 0.3) is 0 Å². The molecule has 0 unspecified atom stereocenters. The molecule has 0 fully saturated rings. The number of thioether (sulfide) groups is 1. The fraction of sp³-hybridized carbons (Fsp3) is 0.333. The van der Waals surface area contributed by atoms with Crippen LogP contribution < -0.4 is 4.74 Å². The highest BCUT2D eigenvalue weighted by atomic mass is 32.2. The molecule has 0 spiro atoms. The minimum atomic E-state index is 0.173. The standard InChI is InChI=1S/C24H28N2OS/c1-6-20-15-22(27-21-9-7-8-17(2)14-21)26-23(25-20)28-16-18-10-12-19(13-11-18)24(3,4)5/h7-15H,6,16H2,1-5H3. The Morgan fingerprint density at radius 2 is 1.71 bits per heavy atom. The van der Waals surface area contributed by atoms with Crippen molar-refractivity contribution in [1.29, 1.82) is 0 Å². The summed E-state index contributed by atoms with van der Waals surface area (Å²) in [6, 6.07) is 18.7. The molecule has 0 saturated carbocycles. The summed E-state index contributed by atoms with van der Waals surface area (Å²) < 4.78 is 5.98. The second-order valence-electron chi connectivity index (χ2n) is 7.99. The Labute approximate surface area is 172 Å². The Balaban J connectivity index is 1.73. The Hall–Kier alpha value is -2.33. The van der Waals surface area contributed by atoms with Crippen LogP contribution >= 0.6 is 11.8 Å². The number of ether oxygens (including phenoxy) is 1. The summed E-state index contributed by atoms with van der Waals surface area (Å²) in [7, 11) is 0. The molecule has 146 valence electrons. The van der Waals surface area contributed by atoms with Crippen molar-refractivity contribution in [1.82, 2.24) is 9.97 Å². The third kappa shape index (κ3) is 5.59. The van der Waals surface area contributed by atoms with Crippen LogP contribution in [-0.4, -0.2) is 9.97 Å². The van der Waals surface area contributed by atoms with E-state index in [4.69, 9.17) is 4.74 Å². The first-order valence-electron chi connectivity index (χ1n) is 9.68. The minimum Gasteiger partial charge on any atom is -0.439 e. The third-order valence-electron chi connectivity index (χ3n) is 4.50. The molecule has 0 N–H and O–H groups in total. The summed E-state index contributed by atoms with van der Waals surface area (Å²) >= 11 is 1.64. The second-order valence-corrected chi connectivity index (χ2v) is 8.93. The highest BCUT2D eigenvalue weighted by molar-refractivity contribution is 7.98. The molecule has 2 aromatic carbocycles. The molecular weight excluding hydrogens is 364 g/mol. The van der Waals surface area contributed by atoms with Gasteiger partial charge in [-0.05, 0) is 47.6 Å². The molecule has 0 aliphatic rings. The molecule has 1 heterocycles. The van der Waals surface area contributed by atoms with Gasteiger partial charge in [0.05, 0.1) is 0 Å². The van der Waals surface area contributed by atoms with Gasteiger partial charge in [0.25, 0.3) is 0 Å². The molecule has 0 saturated heterocycles. The zero-order chi connectivity index (χ0) is 20.1. The second kappa shape index (κ2) is 8.78. The Morgan fingerprint density at radius 3 is 2.36 bits per heavy atom. The van der Waals surface area contributed by atoms with E-state index in [1.54, 1.807) is 11.8 Å². The van der Waals surface area contributed by atoms with Crippen LogP contribution in [0.4, 0.5) is 0 Å². The zero-order valence-corrected chi connectivity index (χ0v) is 18.1. The SMILES string of the molecule is CCc1cc(Oc2cccc(C)c2)nc(SCc2ccc(C(C)(C)C)cc2)n1. The normalized spacial score (nSPS) is 11.5. The van der Waals surface area contributed by atoms with Gasteiger partial charge < -0.3 is 4.74 Å². The van der Waals surface area contributed by atoms with E-state index in [0.717, 1.165) is 34.3 Å². The van der Waals surface area contributed by atoms with Gasteiger partial charge in [-0.2, -0.15) is 4.98 Å².